The number of aliphatic imine (C=N–C) groups is 1. The number of nitrogens with one attached hydrogen (secondary N) is 1. The zero-order valence-corrected chi connectivity index (χ0v) is 26.4. The molecule has 2 aliphatic heterocycles. The average Bonchev–Trinajstić information content (AvgIpc) is 3.57. The lowest BCUT2D eigenvalue weighted by molar-refractivity contribution is 0.468. The Bertz CT molecular complexity index is 2230. The van der Waals surface area contributed by atoms with Crippen LogP contribution in [0.25, 0.3) is 22.3 Å². The molecule has 48 heavy (non-hydrogen) atoms. The van der Waals surface area contributed by atoms with Gasteiger partial charge < -0.3 is 5.32 Å². The minimum atomic E-state index is -0.463. The summed E-state index contributed by atoms with van der Waals surface area (Å²) in [6.45, 7) is 0. The maximum Gasteiger partial charge on any atom is 0.154 e. The van der Waals surface area contributed by atoms with Crippen LogP contribution < -0.4 is 5.32 Å². The van der Waals surface area contributed by atoms with Crippen molar-refractivity contribution in [2.75, 3.05) is 5.32 Å². The van der Waals surface area contributed by atoms with Crippen LogP contribution in [0.1, 0.15) is 27.8 Å². The monoisotopic (exact) mass is 615 g/mol. The number of benzene rings is 6. The summed E-state index contributed by atoms with van der Waals surface area (Å²) in [6, 6.07) is 57.6. The molecule has 0 aromatic heterocycles. The van der Waals surface area contributed by atoms with Gasteiger partial charge in [-0.15, -0.1) is 0 Å². The predicted molar refractivity (Wildman–Crippen MR) is 196 cm³/mol. The largest absolute Gasteiger partial charge is 0.364 e. The maximum atomic E-state index is 5.42. The molecule has 3 nitrogen and oxygen atoms in total. The van der Waals surface area contributed by atoms with Gasteiger partial charge in [0.1, 0.15) is 6.17 Å². The van der Waals surface area contributed by atoms with Crippen LogP contribution in [0.15, 0.2) is 187 Å². The van der Waals surface area contributed by atoms with Gasteiger partial charge >= 0.3 is 0 Å². The van der Waals surface area contributed by atoms with Gasteiger partial charge in [0.2, 0.25) is 0 Å². The lowest BCUT2D eigenvalue weighted by atomic mass is 9.67. The highest BCUT2D eigenvalue weighted by Gasteiger charge is 2.68. The Kier molecular flexibility index (Phi) is 5.91. The van der Waals surface area contributed by atoms with Crippen molar-refractivity contribution in [1.29, 1.82) is 0 Å². The first-order valence-electron chi connectivity index (χ1n) is 16.8. The molecule has 0 amide bonds. The molecule has 228 valence electrons. The molecule has 6 aromatic rings. The highest BCUT2D eigenvalue weighted by Crippen LogP contribution is 2.60. The van der Waals surface area contributed by atoms with Gasteiger partial charge in [-0.05, 0) is 56.6 Å². The number of anilines is 1. The maximum absolute atomic E-state index is 5.42. The molecule has 1 saturated heterocycles. The summed E-state index contributed by atoms with van der Waals surface area (Å²) in [7, 11) is 0. The Labute approximate surface area is 281 Å². The predicted octanol–water partition coefficient (Wildman–Crippen LogP) is 9.46. The molecule has 10 rings (SSSR count). The van der Waals surface area contributed by atoms with Crippen LogP contribution in [0.3, 0.4) is 0 Å². The second-order valence-corrected chi connectivity index (χ2v) is 13.1. The molecule has 4 unspecified atom stereocenters. The normalized spacial score (nSPS) is 23.4. The van der Waals surface area contributed by atoms with E-state index in [2.05, 4.69) is 192 Å². The molecule has 2 heterocycles. The third kappa shape index (κ3) is 3.71. The molecular formula is C45H33N3. The van der Waals surface area contributed by atoms with E-state index in [-0.39, 0.29) is 17.9 Å². The first-order chi connectivity index (χ1) is 23.8. The van der Waals surface area contributed by atoms with Crippen LogP contribution in [-0.2, 0) is 5.41 Å². The minimum absolute atomic E-state index is 0.0880. The van der Waals surface area contributed by atoms with Crippen LogP contribution in [0.2, 0.25) is 0 Å². The van der Waals surface area contributed by atoms with Crippen molar-refractivity contribution >= 4 is 11.4 Å². The zero-order chi connectivity index (χ0) is 31.7. The smallest absolute Gasteiger partial charge is 0.154 e. The van der Waals surface area contributed by atoms with Crippen molar-refractivity contribution in [3.05, 3.63) is 210 Å². The Balaban J connectivity index is 1.23. The van der Waals surface area contributed by atoms with Gasteiger partial charge in [-0.25, -0.2) is 4.90 Å². The van der Waals surface area contributed by atoms with Gasteiger partial charge in [0, 0.05) is 11.3 Å². The molecule has 3 heteroatoms. The van der Waals surface area contributed by atoms with E-state index < -0.39 is 5.41 Å². The number of fused-ring (bicyclic) bond motifs is 4. The van der Waals surface area contributed by atoms with E-state index in [1.807, 2.05) is 0 Å². The number of nitrogens with zero attached hydrogens (tertiary/aromatic N) is 2. The number of rotatable bonds is 6. The molecule has 0 saturated carbocycles. The van der Waals surface area contributed by atoms with Crippen molar-refractivity contribution in [1.82, 2.24) is 4.90 Å². The standard InChI is InChI=1S/C45H33N3/c1-5-17-31(18-6-1)40-38(46-43-42(32-19-7-2-8-20-32)47-44-30-16-15-27-39(44)48(43)44)29-28-37-41(40)35-25-13-14-26-36(35)45(37,33-21-9-3-10-22-33)34-23-11-4-12-24-34/h1-30,39,43,46H. The van der Waals surface area contributed by atoms with E-state index in [9.17, 15) is 0 Å². The first-order valence-corrected chi connectivity index (χ1v) is 16.8. The van der Waals surface area contributed by atoms with Gasteiger partial charge in [0.25, 0.3) is 0 Å². The Morgan fingerprint density at radius 2 is 1.15 bits per heavy atom. The number of hydrogen-bond acceptors (Lipinski definition) is 3. The SMILES string of the molecule is C1=CC2N3C(Nc4ccc5c(c4-c4ccccc4)-c4ccccc4C5(c4ccccc4)c4ccccc4)C(c4ccccc4)=NC23C=C1. The summed E-state index contributed by atoms with van der Waals surface area (Å²) >= 11 is 0. The summed E-state index contributed by atoms with van der Waals surface area (Å²) in [6.07, 6.45) is 8.74. The van der Waals surface area contributed by atoms with Gasteiger partial charge in [-0.3, -0.25) is 4.99 Å². The topological polar surface area (TPSA) is 27.4 Å². The van der Waals surface area contributed by atoms with E-state index in [1.165, 1.54) is 44.5 Å². The molecule has 0 bridgehead atoms. The molecule has 4 atom stereocenters. The van der Waals surface area contributed by atoms with Gasteiger partial charge in [-0.2, -0.15) is 0 Å². The van der Waals surface area contributed by atoms with Gasteiger partial charge in [-0.1, -0.05) is 170 Å². The second kappa shape index (κ2) is 10.4. The Hall–Kier alpha value is -5.77. The summed E-state index contributed by atoms with van der Waals surface area (Å²) in [5.41, 5.74) is 12.7. The summed E-state index contributed by atoms with van der Waals surface area (Å²) in [5.74, 6) is 0. The minimum Gasteiger partial charge on any atom is -0.364 e. The van der Waals surface area contributed by atoms with Crippen LogP contribution in [0.4, 0.5) is 5.69 Å². The lowest BCUT2D eigenvalue weighted by Crippen LogP contribution is -2.36. The van der Waals surface area contributed by atoms with Crippen molar-refractivity contribution in [3.8, 4) is 22.3 Å². The number of allylic oxidation sites excluding steroid dienone is 2. The molecule has 0 radical (unpaired) electrons. The second-order valence-electron chi connectivity index (χ2n) is 13.1. The van der Waals surface area contributed by atoms with E-state index in [0.29, 0.717) is 0 Å². The molecule has 2 aliphatic carbocycles. The molecule has 4 aliphatic rings. The molecule has 1 fully saturated rings. The quantitative estimate of drug-likeness (QED) is 0.189. The van der Waals surface area contributed by atoms with Crippen LogP contribution in [-0.4, -0.2) is 28.5 Å². The van der Waals surface area contributed by atoms with Gasteiger partial charge in [0.15, 0.2) is 5.66 Å². The Morgan fingerprint density at radius 1 is 0.542 bits per heavy atom. The van der Waals surface area contributed by atoms with Crippen molar-refractivity contribution in [2.45, 2.75) is 23.3 Å². The van der Waals surface area contributed by atoms with Crippen molar-refractivity contribution in [3.63, 3.8) is 0 Å². The zero-order valence-electron chi connectivity index (χ0n) is 26.4. The van der Waals surface area contributed by atoms with E-state index >= 15 is 0 Å². The van der Waals surface area contributed by atoms with E-state index in [4.69, 9.17) is 4.99 Å². The summed E-state index contributed by atoms with van der Waals surface area (Å²) in [5, 5.41) is 4.09. The van der Waals surface area contributed by atoms with Crippen LogP contribution >= 0.6 is 0 Å². The first kappa shape index (κ1) is 27.4. The molecular weight excluding hydrogens is 583 g/mol. The Morgan fingerprint density at radius 3 is 1.83 bits per heavy atom. The third-order valence-corrected chi connectivity index (χ3v) is 10.7. The highest BCUT2D eigenvalue weighted by molar-refractivity contribution is 6.09. The fraction of sp³-hybridized carbons (Fsp3) is 0.0889. The van der Waals surface area contributed by atoms with Crippen molar-refractivity contribution in [2.24, 2.45) is 4.99 Å². The fourth-order valence-corrected chi connectivity index (χ4v) is 8.71. The van der Waals surface area contributed by atoms with E-state index in [0.717, 1.165) is 17.0 Å². The molecule has 1 spiro atoms. The molecule has 1 N–H and O–H groups in total. The van der Waals surface area contributed by atoms with Crippen molar-refractivity contribution < 1.29 is 0 Å². The summed E-state index contributed by atoms with van der Waals surface area (Å²) in [4.78, 5) is 7.92. The van der Waals surface area contributed by atoms with E-state index in [1.54, 1.807) is 0 Å². The highest BCUT2D eigenvalue weighted by atomic mass is 15.6. The summed E-state index contributed by atoms with van der Waals surface area (Å²) < 4.78 is 0. The lowest BCUT2D eigenvalue weighted by Gasteiger charge is -2.34. The van der Waals surface area contributed by atoms with Crippen LogP contribution in [0, 0.1) is 0 Å². The third-order valence-electron chi connectivity index (χ3n) is 10.7. The van der Waals surface area contributed by atoms with Crippen LogP contribution in [0.5, 0.6) is 0 Å². The van der Waals surface area contributed by atoms with Gasteiger partial charge in [0.05, 0.1) is 17.2 Å². The fourth-order valence-electron chi connectivity index (χ4n) is 8.71. The molecule has 6 aromatic carbocycles. The number of hydrogen-bond donors (Lipinski definition) is 1. The average molecular weight is 616 g/mol.